The van der Waals surface area contributed by atoms with Gasteiger partial charge < -0.3 is 0 Å². The van der Waals surface area contributed by atoms with Crippen LogP contribution in [0.2, 0.25) is 0 Å². The quantitative estimate of drug-likeness (QED) is 0.595. The van der Waals surface area contributed by atoms with Gasteiger partial charge in [0, 0.05) is 19.5 Å². The number of benzene rings is 2. The molecule has 0 saturated carbocycles. The molecule has 0 fully saturated rings. The van der Waals surface area contributed by atoms with Crippen LogP contribution in [0.25, 0.3) is 22.4 Å². The van der Waals surface area contributed by atoms with Gasteiger partial charge in [0.05, 0.1) is 5.69 Å². The highest BCUT2D eigenvalue weighted by molar-refractivity contribution is 5.74. The zero-order valence-electron chi connectivity index (χ0n) is 18.6. The third kappa shape index (κ3) is 2.80. The zero-order valence-corrected chi connectivity index (χ0v) is 12.6. The van der Waals surface area contributed by atoms with Gasteiger partial charge in [-0.05, 0) is 61.9 Å². The van der Waals surface area contributed by atoms with Crippen LogP contribution in [0.5, 0.6) is 0 Å². The Kier molecular flexibility index (Phi) is 2.33. The van der Waals surface area contributed by atoms with Gasteiger partial charge in [-0.2, -0.15) is 0 Å². The molecule has 1 aromatic heterocycles. The van der Waals surface area contributed by atoms with Gasteiger partial charge in [0.2, 0.25) is 0 Å². The molecule has 2 aromatic carbocycles. The van der Waals surface area contributed by atoms with Gasteiger partial charge in [0.15, 0.2) is 0 Å². The number of rotatable bonds is 2. The average molecular weight is 293 g/mol. The molecular formula is C21H21N. The van der Waals surface area contributed by atoms with Crippen LogP contribution in [-0.2, 0) is 0 Å². The van der Waals surface area contributed by atoms with Crippen LogP contribution in [0.1, 0.15) is 30.6 Å². The number of nitrogens with zero attached hydrogens (tertiary/aromatic N) is 1. The van der Waals surface area contributed by atoms with Gasteiger partial charge >= 0.3 is 0 Å². The van der Waals surface area contributed by atoms with E-state index in [1.807, 2.05) is 56.3 Å². The van der Waals surface area contributed by atoms with Crippen molar-refractivity contribution in [3.8, 4) is 22.4 Å². The molecule has 0 radical (unpaired) electrons. The van der Waals surface area contributed by atoms with E-state index in [9.17, 15) is 0 Å². The molecule has 0 aliphatic rings. The zero-order chi connectivity index (χ0) is 20.7. The van der Waals surface area contributed by atoms with Crippen molar-refractivity contribution in [1.29, 1.82) is 0 Å². The first kappa shape index (κ1) is 8.89. The van der Waals surface area contributed by atoms with Crippen molar-refractivity contribution in [2.75, 3.05) is 0 Å². The summed E-state index contributed by atoms with van der Waals surface area (Å²) in [5.41, 5.74) is 4.90. The maximum absolute atomic E-state index is 7.70. The summed E-state index contributed by atoms with van der Waals surface area (Å²) in [5.74, 6) is 0. The lowest BCUT2D eigenvalue weighted by Crippen LogP contribution is -1.91. The molecule has 22 heavy (non-hydrogen) atoms. The lowest BCUT2D eigenvalue weighted by molar-refractivity contribution is 1.15. The van der Waals surface area contributed by atoms with Crippen LogP contribution in [0, 0.1) is 27.6 Å². The van der Waals surface area contributed by atoms with E-state index in [1.165, 1.54) is 11.6 Å². The average Bonchev–Trinajstić information content (AvgIpc) is 2.61. The van der Waals surface area contributed by atoms with Crippen LogP contribution in [0.4, 0.5) is 0 Å². The van der Waals surface area contributed by atoms with Gasteiger partial charge in [0.25, 0.3) is 0 Å². The molecule has 3 aromatic rings. The third-order valence-corrected chi connectivity index (χ3v) is 3.79. The van der Waals surface area contributed by atoms with Crippen LogP contribution < -0.4 is 0 Å². The first-order chi connectivity index (χ1) is 13.0. The molecule has 0 unspecified atom stereocenters. The molecule has 0 bridgehead atoms. The Bertz CT molecular complexity index is 1000. The molecule has 0 N–H and O–H groups in total. The fraction of sp³-hybridized carbons (Fsp3) is 0.190. The van der Waals surface area contributed by atoms with E-state index in [0.717, 1.165) is 22.3 Å². The van der Waals surface area contributed by atoms with E-state index in [0.29, 0.717) is 5.69 Å². The fourth-order valence-electron chi connectivity index (χ4n) is 2.45. The topological polar surface area (TPSA) is 12.9 Å². The molecule has 1 nitrogen and oxygen atoms in total. The lowest BCUT2D eigenvalue weighted by atomic mass is 9.96. The van der Waals surface area contributed by atoms with Crippen molar-refractivity contribution < 1.29 is 8.22 Å². The van der Waals surface area contributed by atoms with Gasteiger partial charge in [0.1, 0.15) is 0 Å². The van der Waals surface area contributed by atoms with Crippen molar-refractivity contribution in [3.63, 3.8) is 0 Å². The largest absolute Gasteiger partial charge is 0.253 e. The molecule has 0 spiro atoms. The first-order valence-corrected chi connectivity index (χ1v) is 7.17. The summed E-state index contributed by atoms with van der Waals surface area (Å²) >= 11 is 0. The van der Waals surface area contributed by atoms with Crippen molar-refractivity contribution in [2.24, 2.45) is 0 Å². The number of aromatic nitrogens is 1. The maximum Gasteiger partial charge on any atom is 0.0705 e. The number of hydrogen-bond acceptors (Lipinski definition) is 1. The molecule has 0 atom stereocenters. The predicted molar refractivity (Wildman–Crippen MR) is 94.1 cm³/mol. The molecule has 0 aliphatic heterocycles. The van der Waals surface area contributed by atoms with E-state index in [2.05, 4.69) is 4.98 Å². The number of pyridine rings is 1. The molecular weight excluding hydrogens is 266 g/mol. The highest BCUT2D eigenvalue weighted by Crippen LogP contribution is 2.29. The second-order valence-electron chi connectivity index (χ2n) is 5.49. The van der Waals surface area contributed by atoms with E-state index in [-0.39, 0.29) is 11.3 Å². The van der Waals surface area contributed by atoms with E-state index >= 15 is 0 Å². The Hall–Kier alpha value is -2.41. The van der Waals surface area contributed by atoms with Gasteiger partial charge in [-0.15, -0.1) is 0 Å². The Balaban J connectivity index is 2.14. The molecule has 1 heteroatoms. The normalized spacial score (nSPS) is 15.9. The van der Waals surface area contributed by atoms with Crippen molar-refractivity contribution in [1.82, 2.24) is 4.98 Å². The standard InChI is InChI=1S/C21H21N/c1-14-5-9-18(10-6-14)20-13-19(11-7-16(20)3)21-12-8-15(2)17(4)22-21/h5-13H,1-4H3/i2D3,4D3. The molecule has 0 saturated heterocycles. The minimum Gasteiger partial charge on any atom is -0.253 e. The second-order valence-corrected chi connectivity index (χ2v) is 5.49. The van der Waals surface area contributed by atoms with Gasteiger partial charge in [-0.3, -0.25) is 4.98 Å². The Morgan fingerprint density at radius 3 is 2.23 bits per heavy atom. The Morgan fingerprint density at radius 2 is 1.50 bits per heavy atom. The van der Waals surface area contributed by atoms with Crippen LogP contribution >= 0.6 is 0 Å². The predicted octanol–water partition coefficient (Wildman–Crippen LogP) is 5.65. The minimum absolute atomic E-state index is 0.234. The van der Waals surface area contributed by atoms with Crippen LogP contribution in [-0.4, -0.2) is 4.98 Å². The molecule has 0 amide bonds. The second kappa shape index (κ2) is 5.76. The van der Waals surface area contributed by atoms with Crippen molar-refractivity contribution in [3.05, 3.63) is 77.0 Å². The molecule has 0 aliphatic carbocycles. The Morgan fingerprint density at radius 1 is 0.773 bits per heavy atom. The van der Waals surface area contributed by atoms with E-state index in [4.69, 9.17) is 8.22 Å². The van der Waals surface area contributed by atoms with E-state index < -0.39 is 13.7 Å². The molecule has 3 rings (SSSR count). The summed E-state index contributed by atoms with van der Waals surface area (Å²) in [6, 6.07) is 16.9. The van der Waals surface area contributed by atoms with Gasteiger partial charge in [-0.25, -0.2) is 0 Å². The van der Waals surface area contributed by atoms with E-state index in [1.54, 1.807) is 6.07 Å². The first-order valence-electron chi connectivity index (χ1n) is 10.2. The smallest absolute Gasteiger partial charge is 0.0705 e. The Labute approximate surface area is 141 Å². The highest BCUT2D eigenvalue weighted by Gasteiger charge is 2.07. The minimum atomic E-state index is -2.61. The SMILES string of the molecule is [2H]C([2H])([2H])c1ccc(-c2ccc(C)c(-c3ccc(C)cc3)c2)nc1C([2H])([2H])[2H]. The summed E-state index contributed by atoms with van der Waals surface area (Å²) in [6.07, 6.45) is 0. The molecule has 1 heterocycles. The number of hydrogen-bond donors (Lipinski definition) is 0. The van der Waals surface area contributed by atoms with Crippen LogP contribution in [0.3, 0.4) is 0 Å². The summed E-state index contributed by atoms with van der Waals surface area (Å²) in [7, 11) is 0. The van der Waals surface area contributed by atoms with Crippen molar-refractivity contribution >= 4 is 0 Å². The number of aryl methyl sites for hydroxylation is 4. The maximum atomic E-state index is 7.70. The summed E-state index contributed by atoms with van der Waals surface area (Å²) in [5, 5.41) is 0. The lowest BCUT2D eigenvalue weighted by Gasteiger charge is -2.10. The highest BCUT2D eigenvalue weighted by atomic mass is 14.7. The van der Waals surface area contributed by atoms with Gasteiger partial charge in [-0.1, -0.05) is 48.0 Å². The summed E-state index contributed by atoms with van der Waals surface area (Å²) in [4.78, 5) is 4.24. The fourth-order valence-corrected chi connectivity index (χ4v) is 2.45. The molecule has 110 valence electrons. The summed E-state index contributed by atoms with van der Waals surface area (Å²) < 4.78 is 45.9. The summed E-state index contributed by atoms with van der Waals surface area (Å²) in [6.45, 7) is -1.10. The third-order valence-electron chi connectivity index (χ3n) is 3.79. The van der Waals surface area contributed by atoms with Crippen molar-refractivity contribution in [2.45, 2.75) is 27.6 Å². The monoisotopic (exact) mass is 293 g/mol. The van der Waals surface area contributed by atoms with Crippen LogP contribution in [0.15, 0.2) is 54.6 Å².